The van der Waals surface area contributed by atoms with E-state index in [1.165, 1.54) is 0 Å². The van der Waals surface area contributed by atoms with Crippen LogP contribution in [0.2, 0.25) is 0 Å². The van der Waals surface area contributed by atoms with Crippen LogP contribution in [-0.4, -0.2) is 19.2 Å². The van der Waals surface area contributed by atoms with Crippen molar-refractivity contribution in [3.63, 3.8) is 0 Å². The third kappa shape index (κ3) is 1.69. The summed E-state index contributed by atoms with van der Waals surface area (Å²) in [6.45, 7) is 0. The zero-order valence-corrected chi connectivity index (χ0v) is 9.28. The molecule has 2 rings (SSSR count). The molecule has 0 saturated carbocycles. The van der Waals surface area contributed by atoms with Gasteiger partial charge in [0.1, 0.15) is 11.5 Å². The van der Waals surface area contributed by atoms with Gasteiger partial charge in [-0.25, -0.2) is 0 Å². The van der Waals surface area contributed by atoms with Gasteiger partial charge in [0.05, 0.1) is 25.5 Å². The predicted octanol–water partition coefficient (Wildman–Crippen LogP) is 2.28. The average molecular weight is 218 g/mol. The summed E-state index contributed by atoms with van der Waals surface area (Å²) in [5.74, 6) is 1.50. The number of anilines is 1. The van der Waals surface area contributed by atoms with E-state index in [0.717, 1.165) is 22.8 Å². The van der Waals surface area contributed by atoms with E-state index in [2.05, 4.69) is 4.98 Å². The highest BCUT2D eigenvalue weighted by atomic mass is 16.5. The Hall–Kier alpha value is -2.10. The second kappa shape index (κ2) is 4.18. The number of benzene rings is 1. The Bertz CT molecular complexity index is 469. The van der Waals surface area contributed by atoms with Gasteiger partial charge in [-0.2, -0.15) is 0 Å². The molecule has 0 spiro atoms. The van der Waals surface area contributed by atoms with E-state index >= 15 is 0 Å². The van der Waals surface area contributed by atoms with Gasteiger partial charge in [0, 0.05) is 11.9 Å². The maximum absolute atomic E-state index is 5.69. The Kier molecular flexibility index (Phi) is 2.72. The van der Waals surface area contributed by atoms with Crippen LogP contribution in [0.15, 0.2) is 30.5 Å². The first-order valence-corrected chi connectivity index (χ1v) is 4.91. The molecule has 0 atom stereocenters. The smallest absolute Gasteiger partial charge is 0.131 e. The zero-order chi connectivity index (χ0) is 11.5. The topological polar surface area (TPSA) is 60.3 Å². The summed E-state index contributed by atoms with van der Waals surface area (Å²) in [6, 6.07) is 7.50. The number of hydrogen-bond acceptors (Lipinski definition) is 3. The fourth-order valence-electron chi connectivity index (χ4n) is 1.67. The summed E-state index contributed by atoms with van der Waals surface area (Å²) in [6.07, 6.45) is 1.74. The largest absolute Gasteiger partial charge is 0.496 e. The first-order chi connectivity index (χ1) is 7.76. The first kappa shape index (κ1) is 10.4. The lowest BCUT2D eigenvalue weighted by Crippen LogP contribution is -1.92. The fourth-order valence-corrected chi connectivity index (χ4v) is 1.67. The molecule has 16 heavy (non-hydrogen) atoms. The van der Waals surface area contributed by atoms with Crippen molar-refractivity contribution in [3.8, 4) is 22.8 Å². The minimum Gasteiger partial charge on any atom is -0.496 e. The molecule has 1 aromatic carbocycles. The number of aromatic nitrogens is 1. The lowest BCUT2D eigenvalue weighted by atomic mass is 10.1. The molecule has 0 amide bonds. The Labute approximate surface area is 94.0 Å². The van der Waals surface area contributed by atoms with E-state index in [-0.39, 0.29) is 0 Å². The van der Waals surface area contributed by atoms with Crippen molar-refractivity contribution >= 4 is 5.69 Å². The van der Waals surface area contributed by atoms with Crippen molar-refractivity contribution in [2.75, 3.05) is 20.0 Å². The first-order valence-electron chi connectivity index (χ1n) is 4.91. The molecule has 1 heterocycles. The number of rotatable bonds is 3. The second-order valence-electron chi connectivity index (χ2n) is 3.38. The minimum atomic E-state index is 0.683. The van der Waals surface area contributed by atoms with Crippen molar-refractivity contribution in [2.24, 2.45) is 0 Å². The lowest BCUT2D eigenvalue weighted by molar-refractivity contribution is 0.397. The van der Waals surface area contributed by atoms with Crippen LogP contribution in [0.5, 0.6) is 11.5 Å². The Balaban J connectivity index is 2.60. The molecule has 4 heteroatoms. The van der Waals surface area contributed by atoms with Gasteiger partial charge in [-0.15, -0.1) is 0 Å². The quantitative estimate of drug-likeness (QED) is 0.830. The van der Waals surface area contributed by atoms with Crippen molar-refractivity contribution in [1.29, 1.82) is 0 Å². The second-order valence-corrected chi connectivity index (χ2v) is 3.38. The molecule has 0 unspecified atom stereocenters. The van der Waals surface area contributed by atoms with E-state index < -0.39 is 0 Å². The third-order valence-corrected chi connectivity index (χ3v) is 2.40. The monoisotopic (exact) mass is 218 g/mol. The van der Waals surface area contributed by atoms with Gasteiger partial charge in [0.2, 0.25) is 0 Å². The molecule has 84 valence electrons. The SMILES string of the molecule is COc1cccc(OC)c1-c1cc(N)c[nH]1. The molecule has 0 aliphatic heterocycles. The highest BCUT2D eigenvalue weighted by Crippen LogP contribution is 2.37. The Morgan fingerprint density at radius 1 is 1.12 bits per heavy atom. The molecule has 4 nitrogen and oxygen atoms in total. The van der Waals surface area contributed by atoms with Crippen LogP contribution >= 0.6 is 0 Å². The van der Waals surface area contributed by atoms with Crippen LogP contribution < -0.4 is 15.2 Å². The lowest BCUT2D eigenvalue weighted by Gasteiger charge is -2.11. The van der Waals surface area contributed by atoms with Gasteiger partial charge in [0.25, 0.3) is 0 Å². The molecule has 0 fully saturated rings. The summed E-state index contributed by atoms with van der Waals surface area (Å²) in [5.41, 5.74) is 8.13. The average Bonchev–Trinajstić information content (AvgIpc) is 2.74. The van der Waals surface area contributed by atoms with Gasteiger partial charge in [-0.05, 0) is 18.2 Å². The van der Waals surface area contributed by atoms with Crippen LogP contribution in [0, 0.1) is 0 Å². The predicted molar refractivity (Wildman–Crippen MR) is 63.7 cm³/mol. The molecular formula is C12H14N2O2. The normalized spacial score (nSPS) is 10.1. The zero-order valence-electron chi connectivity index (χ0n) is 9.28. The number of aromatic amines is 1. The Morgan fingerprint density at radius 2 is 1.75 bits per heavy atom. The van der Waals surface area contributed by atoms with Crippen molar-refractivity contribution < 1.29 is 9.47 Å². The molecule has 3 N–H and O–H groups in total. The molecule has 0 saturated heterocycles. The van der Waals surface area contributed by atoms with Gasteiger partial charge in [-0.3, -0.25) is 0 Å². The van der Waals surface area contributed by atoms with E-state index in [0.29, 0.717) is 5.69 Å². The van der Waals surface area contributed by atoms with E-state index in [9.17, 15) is 0 Å². The van der Waals surface area contributed by atoms with Crippen LogP contribution in [0.4, 0.5) is 5.69 Å². The van der Waals surface area contributed by atoms with Crippen molar-refractivity contribution in [2.45, 2.75) is 0 Å². The van der Waals surface area contributed by atoms with E-state index in [1.807, 2.05) is 24.3 Å². The maximum Gasteiger partial charge on any atom is 0.131 e. The van der Waals surface area contributed by atoms with Gasteiger partial charge >= 0.3 is 0 Å². The van der Waals surface area contributed by atoms with Crippen LogP contribution in [0.3, 0.4) is 0 Å². The van der Waals surface area contributed by atoms with Crippen molar-refractivity contribution in [3.05, 3.63) is 30.5 Å². The standard InChI is InChI=1S/C12H14N2O2/c1-15-10-4-3-5-11(16-2)12(10)9-6-8(13)7-14-9/h3-7,14H,13H2,1-2H3. The number of nitrogen functional groups attached to an aromatic ring is 1. The number of methoxy groups -OCH3 is 2. The van der Waals surface area contributed by atoms with Crippen LogP contribution in [-0.2, 0) is 0 Å². The van der Waals surface area contributed by atoms with Crippen LogP contribution in [0.1, 0.15) is 0 Å². The number of H-pyrrole nitrogens is 1. The molecule has 1 aromatic heterocycles. The fraction of sp³-hybridized carbons (Fsp3) is 0.167. The van der Waals surface area contributed by atoms with E-state index in [1.54, 1.807) is 20.4 Å². The summed E-state index contributed by atoms with van der Waals surface area (Å²) >= 11 is 0. The number of ether oxygens (including phenoxy) is 2. The summed E-state index contributed by atoms with van der Waals surface area (Å²) in [4.78, 5) is 3.09. The van der Waals surface area contributed by atoms with Gasteiger partial charge < -0.3 is 20.2 Å². The Morgan fingerprint density at radius 3 is 2.19 bits per heavy atom. The highest BCUT2D eigenvalue weighted by molar-refractivity contribution is 5.76. The third-order valence-electron chi connectivity index (χ3n) is 2.40. The van der Waals surface area contributed by atoms with Gasteiger partial charge in [-0.1, -0.05) is 6.07 Å². The summed E-state index contributed by atoms with van der Waals surface area (Å²) in [7, 11) is 3.26. The number of hydrogen-bond donors (Lipinski definition) is 2. The number of nitrogens with one attached hydrogen (secondary N) is 1. The molecule has 0 radical (unpaired) electrons. The molecule has 0 bridgehead atoms. The van der Waals surface area contributed by atoms with Crippen molar-refractivity contribution in [1.82, 2.24) is 4.98 Å². The molecule has 2 aromatic rings. The van der Waals surface area contributed by atoms with Crippen LogP contribution in [0.25, 0.3) is 11.3 Å². The number of nitrogens with two attached hydrogens (primary N) is 1. The maximum atomic E-state index is 5.69. The van der Waals surface area contributed by atoms with E-state index in [4.69, 9.17) is 15.2 Å². The molecular weight excluding hydrogens is 204 g/mol. The van der Waals surface area contributed by atoms with Gasteiger partial charge in [0.15, 0.2) is 0 Å². The highest BCUT2D eigenvalue weighted by Gasteiger charge is 2.13. The molecule has 0 aliphatic carbocycles. The minimum absolute atomic E-state index is 0.683. The molecule has 0 aliphatic rings. The summed E-state index contributed by atoms with van der Waals surface area (Å²) < 4.78 is 10.6. The summed E-state index contributed by atoms with van der Waals surface area (Å²) in [5, 5.41) is 0.